The molecule has 5 nitrogen and oxygen atoms in total. The fraction of sp³-hybridized carbons (Fsp3) is 0.385. The lowest BCUT2D eigenvalue weighted by Gasteiger charge is -2.16. The summed E-state index contributed by atoms with van der Waals surface area (Å²) in [7, 11) is -2.61. The molecule has 0 unspecified atom stereocenters. The lowest BCUT2D eigenvalue weighted by atomic mass is 10.2. The van der Waals surface area contributed by atoms with Gasteiger partial charge in [-0.15, -0.1) is 0 Å². The maximum Gasteiger partial charge on any atom is 0.245 e. The van der Waals surface area contributed by atoms with Crippen molar-refractivity contribution in [2.24, 2.45) is 0 Å². The van der Waals surface area contributed by atoms with Crippen molar-refractivity contribution in [3.05, 3.63) is 35.9 Å². The van der Waals surface area contributed by atoms with Gasteiger partial charge in [-0.25, -0.2) is 0 Å². The fourth-order valence-corrected chi connectivity index (χ4v) is 1.42. The smallest absolute Gasteiger partial charge is 0.245 e. The molecule has 1 rings (SSSR count). The molecule has 18 heavy (non-hydrogen) atoms. The summed E-state index contributed by atoms with van der Waals surface area (Å²) in [6.45, 7) is 1.10. The molecule has 0 saturated carbocycles. The summed E-state index contributed by atoms with van der Waals surface area (Å²) in [5.41, 5.74) is 0.893. The van der Waals surface area contributed by atoms with Gasteiger partial charge in [0.1, 0.15) is 6.04 Å². The molecule has 1 atom stereocenters. The summed E-state index contributed by atoms with van der Waals surface area (Å²) in [6.07, 6.45) is 0. The highest BCUT2D eigenvalue weighted by atomic mass is 16.5. The lowest BCUT2D eigenvalue weighted by molar-refractivity contribution is -0.129. The SMILES string of the molecule is [2H][13C]([2H])([2H])OC[C@@H](NC(C)=O)C(=O)NCc1ccccc1. The summed E-state index contributed by atoms with van der Waals surface area (Å²) in [6, 6.07) is 8.16. The summed E-state index contributed by atoms with van der Waals surface area (Å²) >= 11 is 0. The van der Waals surface area contributed by atoms with Crippen molar-refractivity contribution in [3.63, 3.8) is 0 Å². The van der Waals surface area contributed by atoms with Crippen LogP contribution in [0.3, 0.4) is 0 Å². The molecule has 1 aromatic rings. The van der Waals surface area contributed by atoms with Gasteiger partial charge in [-0.3, -0.25) is 9.59 Å². The molecule has 2 N–H and O–H groups in total. The number of hydrogen-bond acceptors (Lipinski definition) is 3. The standard InChI is InChI=1S/C13H18N2O3/c1-10(16)15-12(9-18-2)13(17)14-8-11-6-4-3-5-7-11/h3-7,12H,8-9H2,1-2H3,(H,14,17)(H,15,16)/t12-/m1/s1/i2+1D3. The van der Waals surface area contributed by atoms with E-state index in [-0.39, 0.29) is 6.54 Å². The Labute approximate surface area is 111 Å². The number of rotatable bonds is 6. The Bertz CT molecular complexity index is 477. The number of amides is 2. The largest absolute Gasteiger partial charge is 0.382 e. The van der Waals surface area contributed by atoms with Crippen LogP contribution in [0.25, 0.3) is 0 Å². The van der Waals surface area contributed by atoms with Gasteiger partial charge in [0.05, 0.1) is 10.7 Å². The molecule has 0 aromatic heterocycles. The van der Waals surface area contributed by atoms with E-state index in [4.69, 9.17) is 4.11 Å². The average Bonchev–Trinajstić information content (AvgIpc) is 2.40. The number of ether oxygens (including phenoxy) is 1. The maximum atomic E-state index is 12.0. The molecule has 0 aliphatic carbocycles. The van der Waals surface area contributed by atoms with Crippen LogP contribution in [0.2, 0.25) is 0 Å². The van der Waals surface area contributed by atoms with Gasteiger partial charge in [-0.05, 0) is 5.56 Å². The van der Waals surface area contributed by atoms with E-state index >= 15 is 0 Å². The van der Waals surface area contributed by atoms with Crippen molar-refractivity contribution in [3.8, 4) is 0 Å². The van der Waals surface area contributed by atoms with Gasteiger partial charge < -0.3 is 15.4 Å². The molecular weight excluding hydrogens is 233 g/mol. The Morgan fingerprint density at radius 2 is 2.11 bits per heavy atom. The third-order valence-electron chi connectivity index (χ3n) is 2.25. The highest BCUT2D eigenvalue weighted by Crippen LogP contribution is 1.97. The van der Waals surface area contributed by atoms with Crippen molar-refractivity contribution in [1.29, 1.82) is 0 Å². The Morgan fingerprint density at radius 1 is 1.39 bits per heavy atom. The normalized spacial score (nSPS) is 14.8. The molecule has 0 aliphatic rings. The zero-order chi connectivity index (χ0) is 15.9. The minimum atomic E-state index is -2.61. The van der Waals surface area contributed by atoms with E-state index in [2.05, 4.69) is 15.4 Å². The fourth-order valence-electron chi connectivity index (χ4n) is 1.42. The molecular formula is C13H18N2O3. The first-order chi connectivity index (χ1) is 9.78. The number of methoxy groups -OCH3 is 1. The van der Waals surface area contributed by atoms with Crippen molar-refractivity contribution in [2.45, 2.75) is 19.5 Å². The van der Waals surface area contributed by atoms with Crippen molar-refractivity contribution in [2.75, 3.05) is 13.6 Å². The van der Waals surface area contributed by atoms with Crippen molar-refractivity contribution >= 4 is 11.8 Å². The highest BCUT2D eigenvalue weighted by Gasteiger charge is 2.18. The van der Waals surface area contributed by atoms with Gasteiger partial charge in [-0.2, -0.15) is 0 Å². The molecule has 0 heterocycles. The molecule has 0 bridgehead atoms. The molecule has 2 amide bonds. The summed E-state index contributed by atoms with van der Waals surface area (Å²) in [4.78, 5) is 23.0. The van der Waals surface area contributed by atoms with E-state index in [0.717, 1.165) is 5.56 Å². The third kappa shape index (κ3) is 4.97. The van der Waals surface area contributed by atoms with Crippen LogP contribution in [0, 0.1) is 0 Å². The van der Waals surface area contributed by atoms with Crippen LogP contribution in [0.5, 0.6) is 0 Å². The maximum absolute atomic E-state index is 12.0. The number of benzene rings is 1. The van der Waals surface area contributed by atoms with Crippen LogP contribution in [-0.4, -0.2) is 31.5 Å². The monoisotopic (exact) mass is 254 g/mol. The van der Waals surface area contributed by atoms with Crippen LogP contribution in [0.15, 0.2) is 30.3 Å². The van der Waals surface area contributed by atoms with Crippen molar-refractivity contribution < 1.29 is 18.4 Å². The zero-order valence-corrected chi connectivity index (χ0v) is 10.1. The van der Waals surface area contributed by atoms with Gasteiger partial charge in [0, 0.05) is 20.5 Å². The molecule has 1 aromatic carbocycles. The Hall–Kier alpha value is -1.88. The summed E-state index contributed by atoms with van der Waals surface area (Å²) in [5.74, 6) is -0.942. The number of carbonyl (C=O) groups excluding carboxylic acids is 2. The van der Waals surface area contributed by atoms with Crippen LogP contribution in [0.1, 0.15) is 16.6 Å². The van der Waals surface area contributed by atoms with Crippen LogP contribution in [-0.2, 0) is 20.9 Å². The lowest BCUT2D eigenvalue weighted by Crippen LogP contribution is -2.48. The van der Waals surface area contributed by atoms with Gasteiger partial charge in [0.15, 0.2) is 0 Å². The van der Waals surface area contributed by atoms with Crippen LogP contribution < -0.4 is 10.6 Å². The minimum absolute atomic E-state index is 0.281. The van der Waals surface area contributed by atoms with E-state index < -0.39 is 31.5 Å². The minimum Gasteiger partial charge on any atom is -0.382 e. The molecule has 98 valence electrons. The Morgan fingerprint density at radius 3 is 2.72 bits per heavy atom. The van der Waals surface area contributed by atoms with Gasteiger partial charge in [0.2, 0.25) is 11.8 Å². The van der Waals surface area contributed by atoms with E-state index in [1.807, 2.05) is 30.3 Å². The highest BCUT2D eigenvalue weighted by molar-refractivity contribution is 5.86. The molecule has 5 heteroatoms. The second-order valence-corrected chi connectivity index (χ2v) is 3.77. The quantitative estimate of drug-likeness (QED) is 0.724. The second-order valence-electron chi connectivity index (χ2n) is 3.77. The predicted octanol–water partition coefficient (Wildman–Crippen LogP) is 0.454. The average molecular weight is 254 g/mol. The van der Waals surface area contributed by atoms with Gasteiger partial charge >= 0.3 is 0 Å². The number of hydrogen-bond donors (Lipinski definition) is 2. The van der Waals surface area contributed by atoms with Crippen molar-refractivity contribution in [1.82, 2.24) is 10.6 Å². The number of carbonyl (C=O) groups is 2. The molecule has 0 saturated heterocycles. The van der Waals surface area contributed by atoms with Gasteiger partial charge in [0.25, 0.3) is 0 Å². The topological polar surface area (TPSA) is 67.4 Å². The molecule has 0 fully saturated rings. The first-order valence-electron chi connectivity index (χ1n) is 7.00. The summed E-state index contributed by atoms with van der Waals surface area (Å²) in [5, 5.41) is 4.99. The first kappa shape index (κ1) is 10.1. The molecule has 0 radical (unpaired) electrons. The summed E-state index contributed by atoms with van der Waals surface area (Å²) < 4.78 is 25.4. The predicted molar refractivity (Wildman–Crippen MR) is 67.8 cm³/mol. The Balaban J connectivity index is 2.56. The number of nitrogens with one attached hydrogen (secondary N) is 2. The van der Waals surface area contributed by atoms with E-state index in [1.165, 1.54) is 6.92 Å². The molecule has 0 aliphatic heterocycles. The zero-order valence-electron chi connectivity index (χ0n) is 13.1. The first-order valence-corrected chi connectivity index (χ1v) is 5.50. The van der Waals surface area contributed by atoms with Crippen LogP contribution in [0.4, 0.5) is 0 Å². The van der Waals surface area contributed by atoms with E-state index in [9.17, 15) is 9.59 Å². The van der Waals surface area contributed by atoms with Gasteiger partial charge in [-0.1, -0.05) is 30.3 Å². The van der Waals surface area contributed by atoms with Crippen LogP contribution >= 0.6 is 0 Å². The third-order valence-corrected chi connectivity index (χ3v) is 2.25. The Kier molecular flexibility index (Phi) is 4.17. The van der Waals surface area contributed by atoms with E-state index in [0.29, 0.717) is 0 Å². The molecule has 0 spiro atoms. The van der Waals surface area contributed by atoms with E-state index in [1.54, 1.807) is 0 Å². The second kappa shape index (κ2) is 7.45.